The van der Waals surface area contributed by atoms with E-state index in [1.54, 1.807) is 18.3 Å². The SMILES string of the molecule is O=[N+]([O-])c1ccc(S(=O)(=O)n2c(CCc3ccccn3)nc3cccnc32)cc1. The van der Waals surface area contributed by atoms with Gasteiger partial charge in [0.2, 0.25) is 0 Å². The highest BCUT2D eigenvalue weighted by atomic mass is 32.2. The number of rotatable bonds is 6. The monoisotopic (exact) mass is 409 g/mol. The molecule has 0 saturated heterocycles. The zero-order chi connectivity index (χ0) is 20.4. The summed E-state index contributed by atoms with van der Waals surface area (Å²) in [4.78, 5) is 23.1. The fourth-order valence-electron chi connectivity index (χ4n) is 2.98. The topological polar surface area (TPSA) is 121 Å². The van der Waals surface area contributed by atoms with Gasteiger partial charge in [0, 0.05) is 36.6 Å². The highest BCUT2D eigenvalue weighted by Gasteiger charge is 2.25. The standard InChI is InChI=1S/C19H15N5O4S/c25-24(26)15-7-9-16(10-8-15)29(27,28)23-18(11-6-14-4-1-2-12-20-14)22-17-5-3-13-21-19(17)23/h1-5,7-10,12-13H,6,11H2. The number of nitro groups is 1. The molecule has 0 aliphatic rings. The van der Waals surface area contributed by atoms with Crippen molar-refractivity contribution in [1.82, 2.24) is 18.9 Å². The molecule has 10 heteroatoms. The minimum Gasteiger partial charge on any atom is -0.261 e. The van der Waals surface area contributed by atoms with Gasteiger partial charge in [-0.15, -0.1) is 0 Å². The van der Waals surface area contributed by atoms with Gasteiger partial charge in [-0.2, -0.15) is 0 Å². The maximum Gasteiger partial charge on any atom is 0.270 e. The number of nitro benzene ring substituents is 1. The number of fused-ring (bicyclic) bond motifs is 1. The molecule has 0 atom stereocenters. The van der Waals surface area contributed by atoms with Crippen LogP contribution in [0.4, 0.5) is 5.69 Å². The van der Waals surface area contributed by atoms with Crippen molar-refractivity contribution in [2.45, 2.75) is 17.7 Å². The first-order valence-electron chi connectivity index (χ1n) is 8.69. The summed E-state index contributed by atoms with van der Waals surface area (Å²) in [6.45, 7) is 0. The van der Waals surface area contributed by atoms with E-state index >= 15 is 0 Å². The Hall–Kier alpha value is -3.66. The first kappa shape index (κ1) is 18.7. The molecule has 1 aromatic carbocycles. The van der Waals surface area contributed by atoms with Crippen molar-refractivity contribution in [3.8, 4) is 0 Å². The van der Waals surface area contributed by atoms with Crippen LogP contribution in [0, 0.1) is 10.1 Å². The first-order chi connectivity index (χ1) is 14.0. The molecule has 0 saturated carbocycles. The number of imidazole rings is 1. The third-order valence-electron chi connectivity index (χ3n) is 4.36. The molecule has 0 fully saturated rings. The van der Waals surface area contributed by atoms with Crippen LogP contribution in [0.3, 0.4) is 0 Å². The molecule has 0 unspecified atom stereocenters. The van der Waals surface area contributed by atoms with Crippen LogP contribution >= 0.6 is 0 Å². The van der Waals surface area contributed by atoms with E-state index < -0.39 is 14.9 Å². The van der Waals surface area contributed by atoms with Crippen LogP contribution < -0.4 is 0 Å². The maximum atomic E-state index is 13.3. The maximum absolute atomic E-state index is 13.3. The lowest BCUT2D eigenvalue weighted by molar-refractivity contribution is -0.384. The molecule has 146 valence electrons. The Labute approximate surface area is 165 Å². The van der Waals surface area contributed by atoms with Crippen LogP contribution in [-0.4, -0.2) is 32.3 Å². The summed E-state index contributed by atoms with van der Waals surface area (Å²) in [6.07, 6.45) is 4.00. The Kier molecular flexibility index (Phi) is 4.77. The Morgan fingerprint density at radius 1 is 0.931 bits per heavy atom. The molecule has 0 aliphatic carbocycles. The van der Waals surface area contributed by atoms with E-state index in [1.165, 1.54) is 18.3 Å². The van der Waals surface area contributed by atoms with Gasteiger partial charge in [-0.1, -0.05) is 6.07 Å². The molecule has 0 N–H and O–H groups in total. The Balaban J connectivity index is 1.79. The quantitative estimate of drug-likeness (QED) is 0.354. The normalized spacial score (nSPS) is 11.6. The minimum atomic E-state index is -4.05. The fourth-order valence-corrected chi connectivity index (χ4v) is 4.45. The molecule has 4 rings (SSSR count). The van der Waals surface area contributed by atoms with Crippen molar-refractivity contribution < 1.29 is 13.3 Å². The molecule has 0 aliphatic heterocycles. The third-order valence-corrected chi connectivity index (χ3v) is 6.09. The zero-order valence-electron chi connectivity index (χ0n) is 15.0. The van der Waals surface area contributed by atoms with Crippen molar-refractivity contribution in [3.05, 3.63) is 88.6 Å². The largest absolute Gasteiger partial charge is 0.270 e. The predicted octanol–water partition coefficient (Wildman–Crippen LogP) is 2.76. The lowest BCUT2D eigenvalue weighted by Crippen LogP contribution is -2.17. The van der Waals surface area contributed by atoms with E-state index in [2.05, 4.69) is 15.0 Å². The third kappa shape index (κ3) is 3.57. The van der Waals surface area contributed by atoms with Gasteiger partial charge in [-0.25, -0.2) is 22.4 Å². The summed E-state index contributed by atoms with van der Waals surface area (Å²) in [7, 11) is -4.05. The smallest absolute Gasteiger partial charge is 0.261 e. The minimum absolute atomic E-state index is 0.0767. The first-order valence-corrected chi connectivity index (χ1v) is 10.1. The van der Waals surface area contributed by atoms with Gasteiger partial charge in [0.15, 0.2) is 5.65 Å². The predicted molar refractivity (Wildman–Crippen MR) is 105 cm³/mol. The van der Waals surface area contributed by atoms with Gasteiger partial charge in [-0.05, 0) is 42.8 Å². The molecule has 9 nitrogen and oxygen atoms in total. The van der Waals surface area contributed by atoms with E-state index in [0.717, 1.165) is 21.8 Å². The van der Waals surface area contributed by atoms with Gasteiger partial charge < -0.3 is 0 Å². The summed E-state index contributed by atoms with van der Waals surface area (Å²) in [5.74, 6) is 0.322. The molecule has 0 radical (unpaired) electrons. The summed E-state index contributed by atoms with van der Waals surface area (Å²) >= 11 is 0. The van der Waals surface area contributed by atoms with Crippen LogP contribution in [-0.2, 0) is 22.9 Å². The van der Waals surface area contributed by atoms with Crippen molar-refractivity contribution in [2.75, 3.05) is 0 Å². The van der Waals surface area contributed by atoms with Crippen molar-refractivity contribution in [1.29, 1.82) is 0 Å². The van der Waals surface area contributed by atoms with E-state index in [9.17, 15) is 18.5 Å². The highest BCUT2D eigenvalue weighted by molar-refractivity contribution is 7.90. The fraction of sp³-hybridized carbons (Fsp3) is 0.105. The number of aryl methyl sites for hydroxylation is 2. The summed E-state index contributed by atoms with van der Waals surface area (Å²) < 4.78 is 27.7. The zero-order valence-corrected chi connectivity index (χ0v) is 15.9. The number of hydrogen-bond acceptors (Lipinski definition) is 7. The highest BCUT2D eigenvalue weighted by Crippen LogP contribution is 2.24. The number of pyridine rings is 2. The number of nitrogens with zero attached hydrogens (tertiary/aromatic N) is 5. The number of aromatic nitrogens is 4. The van der Waals surface area contributed by atoms with Gasteiger partial charge in [0.1, 0.15) is 11.3 Å². The number of benzene rings is 1. The van der Waals surface area contributed by atoms with Gasteiger partial charge in [-0.3, -0.25) is 15.1 Å². The Bertz CT molecular complexity index is 1290. The summed E-state index contributed by atoms with van der Waals surface area (Å²) in [5, 5.41) is 10.9. The van der Waals surface area contributed by atoms with Gasteiger partial charge in [0.05, 0.1) is 9.82 Å². The van der Waals surface area contributed by atoms with Crippen LogP contribution in [0.2, 0.25) is 0 Å². The molecule has 0 bridgehead atoms. The van der Waals surface area contributed by atoms with E-state index in [1.807, 2.05) is 18.2 Å². The number of non-ortho nitro benzene ring substituents is 1. The molecule has 3 heterocycles. The van der Waals surface area contributed by atoms with E-state index in [4.69, 9.17) is 0 Å². The Morgan fingerprint density at radius 3 is 2.38 bits per heavy atom. The summed E-state index contributed by atoms with van der Waals surface area (Å²) in [6, 6.07) is 13.6. The second kappa shape index (κ2) is 7.40. The van der Waals surface area contributed by atoms with Crippen LogP contribution in [0.25, 0.3) is 11.2 Å². The van der Waals surface area contributed by atoms with E-state index in [-0.39, 0.29) is 16.2 Å². The van der Waals surface area contributed by atoms with Crippen LogP contribution in [0.5, 0.6) is 0 Å². The second-order valence-corrected chi connectivity index (χ2v) is 8.00. The molecular formula is C19H15N5O4S. The van der Waals surface area contributed by atoms with Crippen molar-refractivity contribution in [2.24, 2.45) is 0 Å². The van der Waals surface area contributed by atoms with E-state index in [0.29, 0.717) is 24.2 Å². The van der Waals surface area contributed by atoms with Gasteiger partial charge in [0.25, 0.3) is 15.7 Å². The average molecular weight is 409 g/mol. The van der Waals surface area contributed by atoms with Crippen molar-refractivity contribution >= 4 is 26.9 Å². The molecule has 3 aromatic heterocycles. The summed E-state index contributed by atoms with van der Waals surface area (Å²) in [5.41, 5.74) is 1.29. The lowest BCUT2D eigenvalue weighted by Gasteiger charge is -2.10. The molecule has 4 aromatic rings. The molecule has 0 spiro atoms. The molecular weight excluding hydrogens is 394 g/mol. The number of hydrogen-bond donors (Lipinski definition) is 0. The van der Waals surface area contributed by atoms with Crippen molar-refractivity contribution in [3.63, 3.8) is 0 Å². The second-order valence-electron chi connectivity index (χ2n) is 6.22. The average Bonchev–Trinajstić information content (AvgIpc) is 3.12. The van der Waals surface area contributed by atoms with Crippen LogP contribution in [0.15, 0.2) is 71.9 Å². The van der Waals surface area contributed by atoms with Gasteiger partial charge >= 0.3 is 0 Å². The molecule has 0 amide bonds. The van der Waals surface area contributed by atoms with Crippen LogP contribution in [0.1, 0.15) is 11.5 Å². The Morgan fingerprint density at radius 2 is 1.69 bits per heavy atom. The lowest BCUT2D eigenvalue weighted by atomic mass is 10.2. The molecule has 29 heavy (non-hydrogen) atoms.